The summed E-state index contributed by atoms with van der Waals surface area (Å²) < 4.78 is 0. The lowest BCUT2D eigenvalue weighted by Crippen LogP contribution is -2.38. The molecule has 0 fully saturated rings. The van der Waals surface area contributed by atoms with E-state index >= 15 is 0 Å². The Hall–Kier alpha value is -0.770. The van der Waals surface area contributed by atoms with Gasteiger partial charge >= 0.3 is 6.03 Å². The number of carbonyl (C=O) groups excluding carboxylic acids is 1. The molecule has 0 aromatic heterocycles. The summed E-state index contributed by atoms with van der Waals surface area (Å²) >= 11 is 0. The van der Waals surface area contributed by atoms with Gasteiger partial charge < -0.3 is 15.1 Å². The number of rotatable bonds is 3. The maximum atomic E-state index is 10.9. The van der Waals surface area contributed by atoms with Crippen LogP contribution in [-0.2, 0) is 0 Å². The Bertz CT molecular complexity index is 123. The number of hydrogen-bond acceptors (Lipinski definition) is 2. The number of nitrogens with one attached hydrogen (secondary N) is 1. The van der Waals surface area contributed by atoms with E-state index in [0.717, 1.165) is 6.54 Å². The molecule has 0 aliphatic rings. The Morgan fingerprint density at radius 3 is 2.18 bits per heavy atom. The van der Waals surface area contributed by atoms with Crippen molar-refractivity contribution in [3.8, 4) is 0 Å². The summed E-state index contributed by atoms with van der Waals surface area (Å²) in [6, 6.07) is -0.0353. The van der Waals surface area contributed by atoms with Crippen LogP contribution in [0.4, 0.5) is 4.79 Å². The third-order valence-corrected chi connectivity index (χ3v) is 1.24. The molecule has 0 saturated carbocycles. The highest BCUT2D eigenvalue weighted by molar-refractivity contribution is 5.73. The van der Waals surface area contributed by atoms with Crippen LogP contribution in [0.5, 0.6) is 0 Å². The minimum atomic E-state index is -0.0353. The number of urea groups is 1. The summed E-state index contributed by atoms with van der Waals surface area (Å²) in [5.41, 5.74) is 0. The maximum absolute atomic E-state index is 10.9. The first kappa shape index (κ1) is 10.2. The van der Waals surface area contributed by atoms with Gasteiger partial charge in [-0.05, 0) is 14.1 Å². The molecule has 66 valence electrons. The van der Waals surface area contributed by atoms with Crippen molar-refractivity contribution in [3.63, 3.8) is 0 Å². The molecule has 0 heterocycles. The summed E-state index contributed by atoms with van der Waals surface area (Å²) in [6.45, 7) is 1.57. The van der Waals surface area contributed by atoms with Gasteiger partial charge in [-0.1, -0.05) is 0 Å². The topological polar surface area (TPSA) is 35.6 Å². The highest BCUT2D eigenvalue weighted by Crippen LogP contribution is 1.76. The average Bonchev–Trinajstić information content (AvgIpc) is 1.86. The minimum Gasteiger partial charge on any atom is -0.337 e. The Kier molecular flexibility index (Phi) is 4.61. The molecule has 0 rings (SSSR count). The summed E-state index contributed by atoms with van der Waals surface area (Å²) in [7, 11) is 7.40. The SMILES string of the molecule is CN(C)CCNC(=O)N(C)C. The van der Waals surface area contributed by atoms with Gasteiger partial charge in [0.15, 0.2) is 0 Å². The van der Waals surface area contributed by atoms with Gasteiger partial charge in [-0.2, -0.15) is 0 Å². The molecule has 0 unspecified atom stereocenters. The quantitative estimate of drug-likeness (QED) is 0.620. The largest absolute Gasteiger partial charge is 0.337 e. The predicted octanol–water partition coefficient (Wildman–Crippen LogP) is -0.181. The second-order valence-electron chi connectivity index (χ2n) is 2.93. The van der Waals surface area contributed by atoms with Crippen LogP contribution < -0.4 is 5.32 Å². The number of nitrogens with zero attached hydrogens (tertiary/aromatic N) is 2. The molecule has 0 atom stereocenters. The third kappa shape index (κ3) is 5.66. The van der Waals surface area contributed by atoms with E-state index in [1.807, 2.05) is 19.0 Å². The highest BCUT2D eigenvalue weighted by Gasteiger charge is 2.00. The van der Waals surface area contributed by atoms with E-state index in [1.165, 1.54) is 4.90 Å². The van der Waals surface area contributed by atoms with Gasteiger partial charge in [0, 0.05) is 27.2 Å². The summed E-state index contributed by atoms with van der Waals surface area (Å²) in [5, 5.41) is 2.76. The molecule has 0 aromatic rings. The van der Waals surface area contributed by atoms with E-state index in [1.54, 1.807) is 14.1 Å². The van der Waals surface area contributed by atoms with Crippen molar-refractivity contribution in [3.05, 3.63) is 0 Å². The number of carbonyl (C=O) groups is 1. The Labute approximate surface area is 68.2 Å². The zero-order valence-electron chi connectivity index (χ0n) is 7.72. The number of amides is 2. The van der Waals surface area contributed by atoms with Gasteiger partial charge in [0.1, 0.15) is 0 Å². The van der Waals surface area contributed by atoms with Gasteiger partial charge in [0.05, 0.1) is 0 Å². The van der Waals surface area contributed by atoms with Crippen LogP contribution in [0, 0.1) is 0 Å². The summed E-state index contributed by atoms with van der Waals surface area (Å²) in [6.07, 6.45) is 0. The molecule has 4 heteroatoms. The zero-order chi connectivity index (χ0) is 8.85. The van der Waals surface area contributed by atoms with Crippen molar-refractivity contribution in [2.45, 2.75) is 0 Å². The van der Waals surface area contributed by atoms with Crippen LogP contribution in [-0.4, -0.2) is 57.1 Å². The molecule has 1 N–H and O–H groups in total. The molecular formula is C7H17N3O. The van der Waals surface area contributed by atoms with Crippen molar-refractivity contribution in [2.24, 2.45) is 0 Å². The van der Waals surface area contributed by atoms with Crippen molar-refractivity contribution >= 4 is 6.03 Å². The second kappa shape index (κ2) is 4.96. The van der Waals surface area contributed by atoms with E-state index in [-0.39, 0.29) is 6.03 Å². The average molecular weight is 159 g/mol. The lowest BCUT2D eigenvalue weighted by molar-refractivity contribution is 0.216. The Morgan fingerprint density at radius 2 is 1.82 bits per heavy atom. The highest BCUT2D eigenvalue weighted by atomic mass is 16.2. The maximum Gasteiger partial charge on any atom is 0.316 e. The fourth-order valence-electron chi connectivity index (χ4n) is 0.545. The van der Waals surface area contributed by atoms with Crippen LogP contribution in [0.1, 0.15) is 0 Å². The van der Waals surface area contributed by atoms with Gasteiger partial charge in [-0.15, -0.1) is 0 Å². The van der Waals surface area contributed by atoms with Gasteiger partial charge in [0.2, 0.25) is 0 Å². The standard InChI is InChI=1S/C7H17N3O/c1-9(2)6-5-8-7(11)10(3)4/h5-6H2,1-4H3,(H,8,11). The first-order chi connectivity index (χ1) is 5.04. The first-order valence-corrected chi connectivity index (χ1v) is 3.64. The summed E-state index contributed by atoms with van der Waals surface area (Å²) in [5.74, 6) is 0. The monoisotopic (exact) mass is 159 g/mol. The molecule has 0 aliphatic carbocycles. The molecule has 2 amide bonds. The summed E-state index contributed by atoms with van der Waals surface area (Å²) in [4.78, 5) is 14.5. The molecule has 0 aromatic carbocycles. The van der Waals surface area contributed by atoms with Crippen LogP contribution in [0.15, 0.2) is 0 Å². The predicted molar refractivity (Wildman–Crippen MR) is 45.6 cm³/mol. The lowest BCUT2D eigenvalue weighted by Gasteiger charge is -2.13. The van der Waals surface area contributed by atoms with E-state index < -0.39 is 0 Å². The van der Waals surface area contributed by atoms with Crippen LogP contribution in [0.3, 0.4) is 0 Å². The van der Waals surface area contributed by atoms with E-state index in [2.05, 4.69) is 5.32 Å². The molecule has 4 nitrogen and oxygen atoms in total. The smallest absolute Gasteiger partial charge is 0.316 e. The number of likely N-dealkylation sites (N-methyl/N-ethyl adjacent to an activating group) is 1. The fourth-order valence-corrected chi connectivity index (χ4v) is 0.545. The van der Waals surface area contributed by atoms with E-state index in [0.29, 0.717) is 6.54 Å². The van der Waals surface area contributed by atoms with Crippen molar-refractivity contribution in [1.29, 1.82) is 0 Å². The molecule has 0 bridgehead atoms. The van der Waals surface area contributed by atoms with Gasteiger partial charge in [-0.3, -0.25) is 0 Å². The fraction of sp³-hybridized carbons (Fsp3) is 0.857. The minimum absolute atomic E-state index is 0.0353. The molecule has 0 saturated heterocycles. The Morgan fingerprint density at radius 1 is 1.27 bits per heavy atom. The van der Waals surface area contributed by atoms with Gasteiger partial charge in [0.25, 0.3) is 0 Å². The van der Waals surface area contributed by atoms with Crippen molar-refractivity contribution in [1.82, 2.24) is 15.1 Å². The lowest BCUT2D eigenvalue weighted by atomic mass is 10.6. The number of hydrogen-bond donors (Lipinski definition) is 1. The molecule has 0 spiro atoms. The van der Waals surface area contributed by atoms with Gasteiger partial charge in [-0.25, -0.2) is 4.79 Å². The van der Waals surface area contributed by atoms with Crippen LogP contribution in [0.2, 0.25) is 0 Å². The Balaban J connectivity index is 3.32. The molecule has 0 aliphatic heterocycles. The third-order valence-electron chi connectivity index (χ3n) is 1.24. The normalized spacial score (nSPS) is 9.91. The molecule has 0 radical (unpaired) electrons. The van der Waals surface area contributed by atoms with Crippen molar-refractivity contribution < 1.29 is 4.79 Å². The van der Waals surface area contributed by atoms with Crippen LogP contribution in [0.25, 0.3) is 0 Å². The molecular weight excluding hydrogens is 142 g/mol. The van der Waals surface area contributed by atoms with Crippen molar-refractivity contribution in [2.75, 3.05) is 41.3 Å². The molecule has 11 heavy (non-hydrogen) atoms. The zero-order valence-corrected chi connectivity index (χ0v) is 7.72. The van der Waals surface area contributed by atoms with E-state index in [9.17, 15) is 4.79 Å². The van der Waals surface area contributed by atoms with E-state index in [4.69, 9.17) is 0 Å². The van der Waals surface area contributed by atoms with Crippen LogP contribution >= 0.6 is 0 Å². The second-order valence-corrected chi connectivity index (χ2v) is 2.93. The first-order valence-electron chi connectivity index (χ1n) is 3.64.